The Bertz CT molecular complexity index is 695. The molecular formula is C14H16N4O2S2. The topological polar surface area (TPSA) is 66.4 Å². The molecule has 1 saturated heterocycles. The Labute approximate surface area is 136 Å². The molecule has 0 N–H and O–H groups in total. The van der Waals surface area contributed by atoms with Gasteiger partial charge in [-0.25, -0.2) is 9.97 Å². The molecule has 0 bridgehead atoms. The van der Waals surface area contributed by atoms with Crippen LogP contribution in [0.2, 0.25) is 0 Å². The fourth-order valence-corrected chi connectivity index (χ4v) is 4.06. The monoisotopic (exact) mass is 336 g/mol. The lowest BCUT2D eigenvalue weighted by molar-refractivity contribution is -0.136. The van der Waals surface area contributed by atoms with Crippen molar-refractivity contribution in [3.8, 4) is 0 Å². The van der Waals surface area contributed by atoms with Crippen molar-refractivity contribution < 1.29 is 9.59 Å². The van der Waals surface area contributed by atoms with Crippen LogP contribution in [0.4, 0.5) is 0 Å². The first kappa shape index (κ1) is 15.2. The summed E-state index contributed by atoms with van der Waals surface area (Å²) in [5, 5.41) is 3.83. The highest BCUT2D eigenvalue weighted by Crippen LogP contribution is 2.27. The van der Waals surface area contributed by atoms with Gasteiger partial charge >= 0.3 is 0 Å². The number of carbonyl (C=O) groups is 2. The maximum Gasteiger partial charge on any atom is 0.233 e. The van der Waals surface area contributed by atoms with Gasteiger partial charge in [-0.05, 0) is 11.4 Å². The first-order chi connectivity index (χ1) is 10.6. The van der Waals surface area contributed by atoms with E-state index in [1.165, 1.54) is 18.1 Å². The van der Waals surface area contributed by atoms with Crippen molar-refractivity contribution in [1.82, 2.24) is 19.8 Å². The van der Waals surface area contributed by atoms with Crippen molar-refractivity contribution >= 4 is 45.1 Å². The molecule has 22 heavy (non-hydrogen) atoms. The van der Waals surface area contributed by atoms with Gasteiger partial charge in [-0.15, -0.1) is 11.3 Å². The summed E-state index contributed by atoms with van der Waals surface area (Å²) in [4.78, 5) is 36.6. The predicted molar refractivity (Wildman–Crippen MR) is 87.0 cm³/mol. The third-order valence-electron chi connectivity index (χ3n) is 3.64. The van der Waals surface area contributed by atoms with Crippen LogP contribution < -0.4 is 0 Å². The summed E-state index contributed by atoms with van der Waals surface area (Å²) in [7, 11) is 0. The van der Waals surface area contributed by atoms with Crippen LogP contribution in [0.1, 0.15) is 6.92 Å². The largest absolute Gasteiger partial charge is 0.339 e. The SMILES string of the molecule is CC(=O)N1CCN(C(=O)CSc2ncnc3sccc23)CC1. The van der Waals surface area contributed by atoms with Crippen molar-refractivity contribution in [2.45, 2.75) is 11.9 Å². The summed E-state index contributed by atoms with van der Waals surface area (Å²) in [6, 6.07) is 1.98. The van der Waals surface area contributed by atoms with Gasteiger partial charge in [0.15, 0.2) is 0 Å². The number of thiophene rings is 1. The molecule has 6 nitrogen and oxygen atoms in total. The lowest BCUT2D eigenvalue weighted by atomic mass is 10.3. The molecule has 0 saturated carbocycles. The molecule has 3 rings (SSSR count). The average molecular weight is 336 g/mol. The summed E-state index contributed by atoms with van der Waals surface area (Å²) < 4.78 is 0. The van der Waals surface area contributed by atoms with E-state index in [0.717, 1.165) is 15.2 Å². The molecular weight excluding hydrogens is 320 g/mol. The Morgan fingerprint density at radius 2 is 1.95 bits per heavy atom. The molecule has 2 amide bonds. The molecule has 2 aromatic rings. The molecule has 0 aromatic carbocycles. The van der Waals surface area contributed by atoms with Crippen LogP contribution in [0.15, 0.2) is 22.8 Å². The molecule has 1 aliphatic rings. The Morgan fingerprint density at radius 1 is 1.23 bits per heavy atom. The van der Waals surface area contributed by atoms with Gasteiger partial charge in [0.1, 0.15) is 16.2 Å². The third kappa shape index (κ3) is 3.22. The van der Waals surface area contributed by atoms with Gasteiger partial charge in [0.05, 0.1) is 5.75 Å². The molecule has 8 heteroatoms. The van der Waals surface area contributed by atoms with E-state index in [1.807, 2.05) is 16.3 Å². The number of piperazine rings is 1. The number of fused-ring (bicyclic) bond motifs is 1. The summed E-state index contributed by atoms with van der Waals surface area (Å²) in [5.74, 6) is 0.527. The van der Waals surface area contributed by atoms with Gasteiger partial charge in [0.25, 0.3) is 0 Å². The second-order valence-electron chi connectivity index (χ2n) is 4.99. The van der Waals surface area contributed by atoms with Crippen LogP contribution in [0.5, 0.6) is 0 Å². The molecule has 2 aromatic heterocycles. The van der Waals surface area contributed by atoms with Gasteiger partial charge in [0.2, 0.25) is 11.8 Å². The molecule has 1 aliphatic heterocycles. The highest BCUT2D eigenvalue weighted by Gasteiger charge is 2.22. The van der Waals surface area contributed by atoms with Crippen LogP contribution in [0.25, 0.3) is 10.2 Å². The van der Waals surface area contributed by atoms with Gasteiger partial charge < -0.3 is 9.80 Å². The van der Waals surface area contributed by atoms with Gasteiger partial charge in [-0.2, -0.15) is 0 Å². The first-order valence-electron chi connectivity index (χ1n) is 6.99. The maximum absolute atomic E-state index is 12.3. The van der Waals surface area contributed by atoms with Crippen LogP contribution >= 0.6 is 23.1 Å². The number of nitrogens with zero attached hydrogens (tertiary/aromatic N) is 4. The summed E-state index contributed by atoms with van der Waals surface area (Å²) in [5.41, 5.74) is 0. The van der Waals surface area contributed by atoms with E-state index in [0.29, 0.717) is 31.9 Å². The maximum atomic E-state index is 12.3. The van der Waals surface area contributed by atoms with Crippen molar-refractivity contribution in [1.29, 1.82) is 0 Å². The van der Waals surface area contributed by atoms with E-state index in [2.05, 4.69) is 9.97 Å². The third-order valence-corrected chi connectivity index (χ3v) is 5.45. The van der Waals surface area contributed by atoms with Gasteiger partial charge in [0, 0.05) is 38.5 Å². The minimum absolute atomic E-state index is 0.0716. The van der Waals surface area contributed by atoms with E-state index in [1.54, 1.807) is 23.2 Å². The number of aromatic nitrogens is 2. The highest BCUT2D eigenvalue weighted by atomic mass is 32.2. The number of rotatable bonds is 3. The molecule has 0 spiro atoms. The van der Waals surface area contributed by atoms with Crippen LogP contribution in [0, 0.1) is 0 Å². The van der Waals surface area contributed by atoms with Crippen molar-refractivity contribution in [3.63, 3.8) is 0 Å². The summed E-state index contributed by atoms with van der Waals surface area (Å²) in [6.07, 6.45) is 1.54. The lowest BCUT2D eigenvalue weighted by Crippen LogP contribution is -2.50. The zero-order valence-corrected chi connectivity index (χ0v) is 13.8. The minimum Gasteiger partial charge on any atom is -0.339 e. The molecule has 0 radical (unpaired) electrons. The molecule has 116 valence electrons. The van der Waals surface area contributed by atoms with Crippen LogP contribution in [-0.2, 0) is 9.59 Å². The van der Waals surface area contributed by atoms with E-state index in [9.17, 15) is 9.59 Å². The lowest BCUT2D eigenvalue weighted by Gasteiger charge is -2.34. The van der Waals surface area contributed by atoms with Gasteiger partial charge in [-0.3, -0.25) is 9.59 Å². The second kappa shape index (κ2) is 6.62. The summed E-state index contributed by atoms with van der Waals surface area (Å²) >= 11 is 3.02. The number of carbonyl (C=O) groups excluding carboxylic acids is 2. The fraction of sp³-hybridized carbons (Fsp3) is 0.429. The van der Waals surface area contributed by atoms with Crippen LogP contribution in [-0.4, -0.2) is 63.5 Å². The molecule has 0 aliphatic carbocycles. The molecule has 3 heterocycles. The normalized spacial score (nSPS) is 15.3. The Balaban J connectivity index is 1.57. The zero-order valence-electron chi connectivity index (χ0n) is 12.2. The second-order valence-corrected chi connectivity index (χ2v) is 6.85. The van der Waals surface area contributed by atoms with E-state index >= 15 is 0 Å². The van der Waals surface area contributed by atoms with E-state index < -0.39 is 0 Å². The summed E-state index contributed by atoms with van der Waals surface area (Å²) in [6.45, 7) is 4.02. The highest BCUT2D eigenvalue weighted by molar-refractivity contribution is 8.00. The number of hydrogen-bond donors (Lipinski definition) is 0. The van der Waals surface area contributed by atoms with Crippen LogP contribution in [0.3, 0.4) is 0 Å². The Kier molecular flexibility index (Phi) is 4.58. The Morgan fingerprint density at radius 3 is 2.68 bits per heavy atom. The smallest absolute Gasteiger partial charge is 0.233 e. The first-order valence-corrected chi connectivity index (χ1v) is 8.86. The van der Waals surface area contributed by atoms with Crippen molar-refractivity contribution in [2.24, 2.45) is 0 Å². The quantitative estimate of drug-likeness (QED) is 0.627. The predicted octanol–water partition coefficient (Wildman–Crippen LogP) is 1.47. The average Bonchev–Trinajstić information content (AvgIpc) is 3.01. The zero-order chi connectivity index (χ0) is 15.5. The number of hydrogen-bond acceptors (Lipinski definition) is 6. The number of thioether (sulfide) groups is 1. The molecule has 0 atom stereocenters. The Hall–Kier alpha value is -1.67. The minimum atomic E-state index is 0.0716. The van der Waals surface area contributed by atoms with Crippen molar-refractivity contribution in [3.05, 3.63) is 17.8 Å². The van der Waals surface area contributed by atoms with Crippen molar-refractivity contribution in [2.75, 3.05) is 31.9 Å². The molecule has 0 unspecified atom stereocenters. The standard InChI is InChI=1S/C14H16N4O2S2/c1-10(19)17-3-5-18(6-4-17)12(20)8-22-14-11-2-7-21-13(11)15-9-16-14/h2,7,9H,3-6,8H2,1H3. The van der Waals surface area contributed by atoms with E-state index in [4.69, 9.17) is 0 Å². The van der Waals surface area contributed by atoms with E-state index in [-0.39, 0.29) is 11.8 Å². The fourth-order valence-electron chi connectivity index (χ4n) is 2.37. The molecule has 1 fully saturated rings. The van der Waals surface area contributed by atoms with Gasteiger partial charge in [-0.1, -0.05) is 11.8 Å². The number of amides is 2.